The summed E-state index contributed by atoms with van der Waals surface area (Å²) in [6.45, 7) is 1.65. The van der Waals surface area contributed by atoms with Gasteiger partial charge in [0, 0.05) is 0 Å². The van der Waals surface area contributed by atoms with E-state index >= 15 is 0 Å². The summed E-state index contributed by atoms with van der Waals surface area (Å²) < 4.78 is 5.24. The second-order valence-electron chi connectivity index (χ2n) is 4.96. The molecule has 0 bridgehead atoms. The van der Waals surface area contributed by atoms with Crippen molar-refractivity contribution in [3.8, 4) is 5.75 Å². The van der Waals surface area contributed by atoms with Crippen molar-refractivity contribution in [1.29, 1.82) is 0 Å². The molecule has 0 aromatic heterocycles. The summed E-state index contributed by atoms with van der Waals surface area (Å²) in [5.41, 5.74) is 0.505. The molecule has 0 aliphatic carbocycles. The Morgan fingerprint density at radius 1 is 1.55 bits per heavy atom. The van der Waals surface area contributed by atoms with Crippen LogP contribution in [-0.4, -0.2) is 41.1 Å². The van der Waals surface area contributed by atoms with Crippen LogP contribution in [0, 0.1) is 4.91 Å². The number of nitrogens with zero attached hydrogens (tertiary/aromatic N) is 1. The molecule has 3 N–H and O–H groups in total. The van der Waals surface area contributed by atoms with Crippen LogP contribution in [-0.2, 0) is 11.2 Å². The number of aromatic carboxylic acids is 1. The summed E-state index contributed by atoms with van der Waals surface area (Å²) in [5.74, 6) is -2.45. The summed E-state index contributed by atoms with van der Waals surface area (Å²) in [4.78, 5) is 33.5. The Morgan fingerprint density at radius 2 is 2.27 bits per heavy atom. The van der Waals surface area contributed by atoms with Crippen LogP contribution in [0.4, 0.5) is 0 Å². The second-order valence-corrected chi connectivity index (χ2v) is 4.96. The average Bonchev–Trinajstić information content (AvgIpc) is 2.48. The Hall–Kier alpha value is -2.42. The predicted molar refractivity (Wildman–Crippen MR) is 77.5 cm³/mol. The third-order valence-corrected chi connectivity index (χ3v) is 3.49. The van der Waals surface area contributed by atoms with Gasteiger partial charge in [-0.15, -0.1) is 4.91 Å². The Bertz CT molecular complexity index is 608. The third-order valence-electron chi connectivity index (χ3n) is 3.49. The Balaban J connectivity index is 2.19. The molecule has 0 saturated carbocycles. The lowest BCUT2D eigenvalue weighted by Crippen LogP contribution is -2.54. The number of rotatable bonds is 5. The lowest BCUT2D eigenvalue weighted by atomic mass is 9.72. The minimum Gasteiger partial charge on any atom is -0.534 e. The number of carbonyl (C=O) groups excluding carboxylic acids is 1. The fourth-order valence-corrected chi connectivity index (χ4v) is 2.30. The monoisotopic (exact) mass is 306 g/mol. The van der Waals surface area contributed by atoms with Gasteiger partial charge in [-0.2, -0.15) is 0 Å². The van der Waals surface area contributed by atoms with Crippen molar-refractivity contribution in [3.05, 3.63) is 34.2 Å². The van der Waals surface area contributed by atoms with E-state index in [2.05, 4.69) is 10.5 Å². The van der Waals surface area contributed by atoms with Gasteiger partial charge in [0.1, 0.15) is 5.75 Å². The first-order valence-electron chi connectivity index (χ1n) is 6.80. The molecule has 0 radical (unpaired) electrons. The van der Waals surface area contributed by atoms with E-state index in [-0.39, 0.29) is 24.2 Å². The van der Waals surface area contributed by atoms with Gasteiger partial charge in [-0.25, -0.2) is 4.79 Å². The molecule has 9 heteroatoms. The average molecular weight is 306 g/mol. The molecule has 1 aromatic carbocycles. The topological polar surface area (TPSA) is 125 Å². The normalized spacial score (nSPS) is 17.9. The largest absolute Gasteiger partial charge is 0.547 e. The van der Waals surface area contributed by atoms with Crippen molar-refractivity contribution >= 4 is 19.0 Å². The number of carbonyl (C=O) groups is 2. The smallest absolute Gasteiger partial charge is 0.534 e. The van der Waals surface area contributed by atoms with Gasteiger partial charge in [0.05, 0.1) is 11.5 Å². The summed E-state index contributed by atoms with van der Waals surface area (Å²) in [6.07, 6.45) is 0.442. The number of hydrogen-bond acceptors (Lipinski definition) is 6. The van der Waals surface area contributed by atoms with E-state index in [0.29, 0.717) is 5.56 Å². The number of nitroso groups, excluding NO2 is 1. The molecule has 1 aromatic rings. The van der Waals surface area contributed by atoms with Crippen LogP contribution >= 0.6 is 0 Å². The molecule has 0 fully saturated rings. The number of carboxylic acids is 1. The highest BCUT2D eigenvalue weighted by Gasteiger charge is 2.38. The maximum absolute atomic E-state index is 11.8. The molecule has 8 nitrogen and oxygen atoms in total. The van der Waals surface area contributed by atoms with E-state index in [1.807, 2.05) is 0 Å². The van der Waals surface area contributed by atoms with Crippen molar-refractivity contribution in [3.63, 3.8) is 0 Å². The highest BCUT2D eigenvalue weighted by molar-refractivity contribution is 6.47. The summed E-state index contributed by atoms with van der Waals surface area (Å²) in [7, 11) is -1.40. The van der Waals surface area contributed by atoms with Crippen LogP contribution in [0.3, 0.4) is 0 Å². The maximum Gasteiger partial charge on any atom is 0.547 e. The number of hydrogen-bond donors (Lipinski definition) is 3. The SMILES string of the molecule is CCC(N=O)C(=O)NC1Cc2cccc(C(=O)O)c2OB1O. The molecule has 0 spiro atoms. The maximum atomic E-state index is 11.8. The van der Waals surface area contributed by atoms with Gasteiger partial charge in [-0.3, -0.25) is 4.79 Å². The van der Waals surface area contributed by atoms with Gasteiger partial charge in [0.25, 0.3) is 0 Å². The Kier molecular flexibility index (Phi) is 4.76. The molecule has 2 atom stereocenters. The van der Waals surface area contributed by atoms with E-state index in [1.54, 1.807) is 19.1 Å². The molecular formula is C13H15BN2O6. The number of fused-ring (bicyclic) bond motifs is 1. The van der Waals surface area contributed by atoms with Gasteiger partial charge in [0.15, 0.2) is 6.04 Å². The third kappa shape index (κ3) is 3.09. The van der Waals surface area contributed by atoms with Crippen LogP contribution in [0.5, 0.6) is 5.75 Å². The highest BCUT2D eigenvalue weighted by atomic mass is 16.5. The van der Waals surface area contributed by atoms with Gasteiger partial charge in [-0.05, 0) is 24.5 Å². The molecule has 1 heterocycles. The zero-order valence-electron chi connectivity index (χ0n) is 11.9. The lowest BCUT2D eigenvalue weighted by molar-refractivity contribution is -0.122. The Labute approximate surface area is 126 Å². The van der Waals surface area contributed by atoms with Gasteiger partial charge >= 0.3 is 13.1 Å². The summed E-state index contributed by atoms with van der Waals surface area (Å²) in [5, 5.41) is 24.3. The second kappa shape index (κ2) is 6.57. The molecule has 22 heavy (non-hydrogen) atoms. The molecule has 1 aliphatic rings. The van der Waals surface area contributed by atoms with Crippen molar-refractivity contribution < 1.29 is 24.4 Å². The first kappa shape index (κ1) is 16.0. The minimum absolute atomic E-state index is 0.0534. The van der Waals surface area contributed by atoms with Crippen molar-refractivity contribution in [2.24, 2.45) is 5.18 Å². The quantitative estimate of drug-likeness (QED) is 0.533. The van der Waals surface area contributed by atoms with Crippen LogP contribution < -0.4 is 9.97 Å². The zero-order chi connectivity index (χ0) is 16.3. The number of nitrogens with one attached hydrogen (secondary N) is 1. The van der Waals surface area contributed by atoms with E-state index < -0.39 is 31.0 Å². The van der Waals surface area contributed by atoms with E-state index in [4.69, 9.17) is 9.76 Å². The fourth-order valence-electron chi connectivity index (χ4n) is 2.30. The molecule has 116 valence electrons. The predicted octanol–water partition coefficient (Wildman–Crippen LogP) is 0.369. The lowest BCUT2D eigenvalue weighted by Gasteiger charge is -2.29. The fraction of sp³-hybridized carbons (Fsp3) is 0.385. The number of benzene rings is 1. The molecule has 0 saturated heterocycles. The van der Waals surface area contributed by atoms with Gasteiger partial charge in [-0.1, -0.05) is 24.2 Å². The summed E-state index contributed by atoms with van der Waals surface area (Å²) >= 11 is 0. The Morgan fingerprint density at radius 3 is 2.86 bits per heavy atom. The van der Waals surface area contributed by atoms with Crippen molar-refractivity contribution in [1.82, 2.24) is 5.32 Å². The van der Waals surface area contributed by atoms with Crippen molar-refractivity contribution in [2.45, 2.75) is 31.7 Å². The van der Waals surface area contributed by atoms with Crippen LogP contribution in [0.25, 0.3) is 0 Å². The van der Waals surface area contributed by atoms with Gasteiger partial charge in [0.2, 0.25) is 5.91 Å². The number of para-hydroxylation sites is 1. The minimum atomic E-state index is -1.40. The highest BCUT2D eigenvalue weighted by Crippen LogP contribution is 2.30. The van der Waals surface area contributed by atoms with E-state index in [9.17, 15) is 19.5 Å². The molecule has 2 rings (SSSR count). The molecule has 2 unspecified atom stereocenters. The number of amides is 1. The zero-order valence-corrected chi connectivity index (χ0v) is 11.9. The summed E-state index contributed by atoms with van der Waals surface area (Å²) in [6, 6.07) is 3.56. The van der Waals surface area contributed by atoms with Crippen LogP contribution in [0.15, 0.2) is 23.4 Å². The molecular weight excluding hydrogens is 291 g/mol. The van der Waals surface area contributed by atoms with Crippen LogP contribution in [0.1, 0.15) is 29.3 Å². The first-order chi connectivity index (χ1) is 10.5. The first-order valence-corrected chi connectivity index (χ1v) is 6.80. The molecule has 1 aliphatic heterocycles. The van der Waals surface area contributed by atoms with Crippen LogP contribution in [0.2, 0.25) is 0 Å². The standard InChI is InChI=1S/C13H15BN2O6/c1-2-9(16-21)12(17)15-10-6-7-4-3-5-8(13(18)19)11(7)22-14(10)20/h3-5,9-10,20H,2,6H2,1H3,(H,15,17)(H,18,19). The van der Waals surface area contributed by atoms with E-state index in [1.165, 1.54) is 6.07 Å². The molecule has 1 amide bonds. The van der Waals surface area contributed by atoms with Gasteiger partial charge < -0.3 is 20.1 Å². The van der Waals surface area contributed by atoms with E-state index in [0.717, 1.165) is 0 Å². The number of carboxylic acid groups (broad SMARTS) is 1. The van der Waals surface area contributed by atoms with Crippen molar-refractivity contribution in [2.75, 3.05) is 0 Å².